The molecule has 0 aromatic heterocycles. The van der Waals surface area contributed by atoms with E-state index in [4.69, 9.17) is 5.11 Å². The maximum Gasteiger partial charge on any atom is 0.326 e. The number of nitrogens with zero attached hydrogens (tertiary/aromatic N) is 1. The van der Waals surface area contributed by atoms with Gasteiger partial charge < -0.3 is 20.6 Å². The van der Waals surface area contributed by atoms with Gasteiger partial charge in [-0.15, -0.1) is 0 Å². The molecule has 0 aromatic carbocycles. The van der Waals surface area contributed by atoms with E-state index in [1.54, 1.807) is 34.7 Å². The summed E-state index contributed by atoms with van der Waals surface area (Å²) in [6, 6.07) is -2.42. The number of urea groups is 1. The van der Waals surface area contributed by atoms with E-state index < -0.39 is 29.5 Å². The van der Waals surface area contributed by atoms with Crippen LogP contribution >= 0.6 is 0 Å². The topological polar surface area (TPSA) is 98.7 Å². The first-order chi connectivity index (χ1) is 9.00. The fourth-order valence-electron chi connectivity index (χ4n) is 1.57. The second-order valence-corrected chi connectivity index (χ2v) is 5.83. The molecule has 3 N–H and O–H groups in total. The highest BCUT2D eigenvalue weighted by Crippen LogP contribution is 2.19. The highest BCUT2D eigenvalue weighted by atomic mass is 16.4. The van der Waals surface area contributed by atoms with Gasteiger partial charge in [0.15, 0.2) is 0 Å². The van der Waals surface area contributed by atoms with Crippen LogP contribution in [0.2, 0.25) is 0 Å². The minimum absolute atomic E-state index is 0.231. The normalized spacial score (nSPS) is 14.1. The summed E-state index contributed by atoms with van der Waals surface area (Å²) in [6.45, 7) is 9.06. The molecule has 0 aromatic rings. The summed E-state index contributed by atoms with van der Waals surface area (Å²) in [5, 5.41) is 13.9. The Morgan fingerprint density at radius 1 is 1.20 bits per heavy atom. The molecule has 116 valence electrons. The molecule has 0 aliphatic rings. The van der Waals surface area contributed by atoms with Gasteiger partial charge >= 0.3 is 12.0 Å². The van der Waals surface area contributed by atoms with Crippen LogP contribution in [0.15, 0.2) is 0 Å². The zero-order valence-corrected chi connectivity index (χ0v) is 13.0. The Balaban J connectivity index is 4.63. The Hall–Kier alpha value is -1.79. The lowest BCUT2D eigenvalue weighted by molar-refractivity contribution is -0.141. The lowest BCUT2D eigenvalue weighted by atomic mass is 9.87. The van der Waals surface area contributed by atoms with Crippen molar-refractivity contribution in [1.82, 2.24) is 15.5 Å². The number of nitrogens with one attached hydrogen (secondary N) is 2. The average molecular weight is 287 g/mol. The van der Waals surface area contributed by atoms with Gasteiger partial charge in [0.1, 0.15) is 12.1 Å². The maximum absolute atomic E-state index is 11.8. The Bertz CT molecular complexity index is 376. The number of carboxylic acids is 1. The number of rotatable bonds is 5. The predicted molar refractivity (Wildman–Crippen MR) is 75.3 cm³/mol. The molecule has 0 rings (SSSR count). The van der Waals surface area contributed by atoms with E-state index >= 15 is 0 Å². The van der Waals surface area contributed by atoms with Gasteiger partial charge in [0, 0.05) is 13.6 Å². The van der Waals surface area contributed by atoms with Gasteiger partial charge in [-0.1, -0.05) is 20.8 Å². The van der Waals surface area contributed by atoms with Crippen molar-refractivity contribution in [1.29, 1.82) is 0 Å². The molecule has 0 saturated heterocycles. The number of carbonyl (C=O) groups excluding carboxylic acids is 2. The molecular formula is C13H25N3O4. The predicted octanol–water partition coefficient (Wildman–Crippen LogP) is 0.652. The molecule has 20 heavy (non-hydrogen) atoms. The van der Waals surface area contributed by atoms with E-state index in [1.807, 2.05) is 6.92 Å². The van der Waals surface area contributed by atoms with Crippen molar-refractivity contribution in [3.8, 4) is 0 Å². The molecule has 0 aliphatic carbocycles. The van der Waals surface area contributed by atoms with Gasteiger partial charge in [0.05, 0.1) is 0 Å². The van der Waals surface area contributed by atoms with Crippen LogP contribution in [-0.2, 0) is 9.59 Å². The molecule has 7 heteroatoms. The molecule has 0 bridgehead atoms. The zero-order valence-electron chi connectivity index (χ0n) is 13.0. The van der Waals surface area contributed by atoms with E-state index in [9.17, 15) is 14.4 Å². The fourth-order valence-corrected chi connectivity index (χ4v) is 1.57. The quantitative estimate of drug-likeness (QED) is 0.691. The van der Waals surface area contributed by atoms with E-state index in [-0.39, 0.29) is 5.91 Å². The number of likely N-dealkylation sites (N-methyl/N-ethyl adjacent to an activating group) is 1. The first kappa shape index (κ1) is 18.2. The Labute approximate surface area is 119 Å². The Morgan fingerprint density at radius 2 is 1.70 bits per heavy atom. The highest BCUT2D eigenvalue weighted by Gasteiger charge is 2.33. The first-order valence-electron chi connectivity index (χ1n) is 6.55. The SMILES string of the molecule is CCN(C)C(=O)C(C)NC(=O)NC(C(=O)O)C(C)(C)C. The van der Waals surface area contributed by atoms with Gasteiger partial charge in [-0.05, 0) is 19.3 Å². The van der Waals surface area contributed by atoms with Crippen LogP contribution < -0.4 is 10.6 Å². The standard InChI is InChI=1S/C13H25N3O4/c1-7-16(6)10(17)8(2)14-12(20)15-9(11(18)19)13(3,4)5/h8-9H,7H2,1-6H3,(H,18,19)(H2,14,15,20). The van der Waals surface area contributed by atoms with Crippen molar-refractivity contribution in [3.63, 3.8) is 0 Å². The minimum Gasteiger partial charge on any atom is -0.480 e. The van der Waals surface area contributed by atoms with Gasteiger partial charge in [0.2, 0.25) is 5.91 Å². The van der Waals surface area contributed by atoms with Crippen LogP contribution in [0.1, 0.15) is 34.6 Å². The van der Waals surface area contributed by atoms with E-state index in [0.717, 1.165) is 0 Å². The molecular weight excluding hydrogens is 262 g/mol. The lowest BCUT2D eigenvalue weighted by Crippen LogP contribution is -2.55. The van der Waals surface area contributed by atoms with Gasteiger partial charge in [-0.3, -0.25) is 4.79 Å². The van der Waals surface area contributed by atoms with Crippen molar-refractivity contribution in [2.75, 3.05) is 13.6 Å². The summed E-state index contributed by atoms with van der Waals surface area (Å²) in [5.41, 5.74) is -0.628. The third-order valence-corrected chi connectivity index (χ3v) is 2.96. The smallest absolute Gasteiger partial charge is 0.326 e. The summed E-state index contributed by atoms with van der Waals surface area (Å²) in [7, 11) is 1.63. The van der Waals surface area contributed by atoms with Gasteiger partial charge in [-0.25, -0.2) is 9.59 Å². The number of aliphatic carboxylic acids is 1. The summed E-state index contributed by atoms with van der Waals surface area (Å²) in [5.74, 6) is -1.34. The third kappa shape index (κ3) is 5.46. The molecule has 0 saturated carbocycles. The number of hydrogen-bond acceptors (Lipinski definition) is 3. The fraction of sp³-hybridized carbons (Fsp3) is 0.769. The molecule has 0 aliphatic heterocycles. The van der Waals surface area contributed by atoms with E-state index in [1.165, 1.54) is 4.90 Å². The Kier molecular flexibility index (Phi) is 6.48. The largest absolute Gasteiger partial charge is 0.480 e. The summed E-state index contributed by atoms with van der Waals surface area (Å²) >= 11 is 0. The molecule has 0 spiro atoms. The second kappa shape index (κ2) is 7.12. The molecule has 0 heterocycles. The first-order valence-corrected chi connectivity index (χ1v) is 6.55. The summed E-state index contributed by atoms with van der Waals surface area (Å²) in [6.07, 6.45) is 0. The number of carbonyl (C=O) groups is 3. The number of carboxylic acid groups (broad SMARTS) is 1. The summed E-state index contributed by atoms with van der Waals surface area (Å²) < 4.78 is 0. The van der Waals surface area contributed by atoms with Gasteiger partial charge in [0.25, 0.3) is 0 Å². The minimum atomic E-state index is -1.11. The van der Waals surface area contributed by atoms with Crippen LogP contribution in [0.4, 0.5) is 4.79 Å². The van der Waals surface area contributed by atoms with Crippen LogP contribution in [0.3, 0.4) is 0 Å². The number of hydrogen-bond donors (Lipinski definition) is 3. The van der Waals surface area contributed by atoms with E-state index in [2.05, 4.69) is 10.6 Å². The molecule has 0 fully saturated rings. The van der Waals surface area contributed by atoms with Crippen molar-refractivity contribution in [3.05, 3.63) is 0 Å². The summed E-state index contributed by atoms with van der Waals surface area (Å²) in [4.78, 5) is 36.2. The van der Waals surface area contributed by atoms with Crippen molar-refractivity contribution in [2.45, 2.75) is 46.7 Å². The van der Waals surface area contributed by atoms with Gasteiger partial charge in [-0.2, -0.15) is 0 Å². The second-order valence-electron chi connectivity index (χ2n) is 5.83. The molecule has 2 unspecified atom stereocenters. The van der Waals surface area contributed by atoms with Crippen molar-refractivity contribution < 1.29 is 19.5 Å². The van der Waals surface area contributed by atoms with Crippen LogP contribution in [-0.4, -0.2) is 53.6 Å². The maximum atomic E-state index is 11.8. The van der Waals surface area contributed by atoms with Crippen LogP contribution in [0.25, 0.3) is 0 Å². The monoisotopic (exact) mass is 287 g/mol. The zero-order chi connectivity index (χ0) is 16.1. The van der Waals surface area contributed by atoms with Crippen molar-refractivity contribution >= 4 is 17.9 Å². The van der Waals surface area contributed by atoms with Crippen LogP contribution in [0.5, 0.6) is 0 Å². The van der Waals surface area contributed by atoms with Crippen molar-refractivity contribution in [2.24, 2.45) is 5.41 Å². The molecule has 2 atom stereocenters. The third-order valence-electron chi connectivity index (χ3n) is 2.96. The lowest BCUT2D eigenvalue weighted by Gasteiger charge is -2.28. The molecule has 0 radical (unpaired) electrons. The highest BCUT2D eigenvalue weighted by molar-refractivity contribution is 5.88. The molecule has 7 nitrogen and oxygen atoms in total. The Morgan fingerprint density at radius 3 is 2.05 bits per heavy atom. The number of amides is 3. The van der Waals surface area contributed by atoms with Crippen LogP contribution in [0, 0.1) is 5.41 Å². The van der Waals surface area contributed by atoms with E-state index in [0.29, 0.717) is 6.54 Å². The average Bonchev–Trinajstić information content (AvgIpc) is 2.32. The molecule has 3 amide bonds.